The molecular formula is C25H31N3O5. The summed E-state index contributed by atoms with van der Waals surface area (Å²) in [4.78, 5) is 42.1. The van der Waals surface area contributed by atoms with Gasteiger partial charge in [-0.2, -0.15) is 0 Å². The summed E-state index contributed by atoms with van der Waals surface area (Å²) in [6.07, 6.45) is -0.276. The summed E-state index contributed by atoms with van der Waals surface area (Å²) >= 11 is 0. The molecule has 176 valence electrons. The van der Waals surface area contributed by atoms with E-state index in [1.165, 1.54) is 0 Å². The van der Waals surface area contributed by atoms with E-state index >= 15 is 0 Å². The molecule has 0 aromatic heterocycles. The van der Waals surface area contributed by atoms with Crippen LogP contribution in [0.2, 0.25) is 0 Å². The zero-order valence-corrected chi connectivity index (χ0v) is 19.0. The van der Waals surface area contributed by atoms with Crippen LogP contribution in [0.25, 0.3) is 0 Å². The Morgan fingerprint density at radius 1 is 0.879 bits per heavy atom. The minimum atomic E-state index is -0.534. The average molecular weight is 454 g/mol. The molecule has 1 heterocycles. The molecule has 0 N–H and O–H groups in total. The second-order valence-corrected chi connectivity index (χ2v) is 7.90. The number of amides is 2. The van der Waals surface area contributed by atoms with Gasteiger partial charge in [0.05, 0.1) is 26.6 Å². The van der Waals surface area contributed by atoms with Crippen molar-refractivity contribution in [2.45, 2.75) is 26.4 Å². The maximum absolute atomic E-state index is 13.2. The third-order valence-corrected chi connectivity index (χ3v) is 5.18. The van der Waals surface area contributed by atoms with Gasteiger partial charge in [0.2, 0.25) is 0 Å². The second-order valence-electron chi connectivity index (χ2n) is 7.90. The Bertz CT molecular complexity index is 853. The summed E-state index contributed by atoms with van der Waals surface area (Å²) in [6.45, 7) is 4.66. The monoisotopic (exact) mass is 453 g/mol. The van der Waals surface area contributed by atoms with E-state index in [-0.39, 0.29) is 31.4 Å². The molecule has 2 aromatic rings. The number of rotatable bonds is 12. The number of carbonyl (C=O) groups is 3. The lowest BCUT2D eigenvalue weighted by molar-refractivity contribution is -0.146. The fourth-order valence-corrected chi connectivity index (χ4v) is 3.64. The molecule has 0 saturated carbocycles. The van der Waals surface area contributed by atoms with Crippen LogP contribution >= 0.6 is 0 Å². The van der Waals surface area contributed by atoms with Gasteiger partial charge in [0.25, 0.3) is 0 Å². The number of hydrogen-bond acceptors (Lipinski definition) is 6. The lowest BCUT2D eigenvalue weighted by Gasteiger charge is -2.42. The Morgan fingerprint density at radius 3 is 1.94 bits per heavy atom. The van der Waals surface area contributed by atoms with Crippen molar-refractivity contribution in [3.05, 3.63) is 71.8 Å². The summed E-state index contributed by atoms with van der Waals surface area (Å²) in [5.41, 5.74) is 2.13. The number of Topliss-reactive ketones (excluding diaryl/α,β-unsaturated/α-hetero) is 1. The van der Waals surface area contributed by atoms with Crippen LogP contribution in [0.4, 0.5) is 4.79 Å². The lowest BCUT2D eigenvalue weighted by Crippen LogP contribution is -2.57. The maximum Gasteiger partial charge on any atom is 0.322 e. The molecule has 0 aliphatic carbocycles. The van der Waals surface area contributed by atoms with E-state index in [0.717, 1.165) is 11.1 Å². The zero-order chi connectivity index (χ0) is 23.5. The van der Waals surface area contributed by atoms with Crippen LogP contribution < -0.4 is 0 Å². The highest BCUT2D eigenvalue weighted by Crippen LogP contribution is 2.17. The molecule has 1 aliphatic rings. The molecule has 2 aromatic carbocycles. The smallest absolute Gasteiger partial charge is 0.322 e. The number of nitrogens with zero attached hydrogens (tertiary/aromatic N) is 3. The molecule has 8 nitrogen and oxygen atoms in total. The largest absolute Gasteiger partial charge is 0.466 e. The van der Waals surface area contributed by atoms with E-state index in [0.29, 0.717) is 39.6 Å². The summed E-state index contributed by atoms with van der Waals surface area (Å²) < 4.78 is 10.3. The SMILES string of the molecule is CCOC(=O)CC(=O)COCCN1CN(Cc2ccccc2)C(=O)N(Cc2ccccc2)C1. The van der Waals surface area contributed by atoms with Crippen molar-refractivity contribution in [3.8, 4) is 0 Å². The Morgan fingerprint density at radius 2 is 1.42 bits per heavy atom. The Hall–Kier alpha value is -3.23. The van der Waals surface area contributed by atoms with Gasteiger partial charge in [-0.15, -0.1) is 0 Å². The molecule has 2 amide bonds. The number of urea groups is 1. The molecule has 8 heteroatoms. The standard InChI is InChI=1S/C25H31N3O5/c1-2-33-24(30)15-23(29)18-32-14-13-26-19-27(16-21-9-5-3-6-10-21)25(31)28(20-26)17-22-11-7-4-8-12-22/h3-12H,2,13-20H2,1H3. The maximum atomic E-state index is 13.2. The van der Waals surface area contributed by atoms with Crippen LogP contribution in [0.3, 0.4) is 0 Å². The molecule has 1 aliphatic heterocycles. The Labute approximate surface area is 194 Å². The summed E-state index contributed by atoms with van der Waals surface area (Å²) in [7, 11) is 0. The van der Waals surface area contributed by atoms with E-state index in [2.05, 4.69) is 4.90 Å². The van der Waals surface area contributed by atoms with Crippen LogP contribution in [0.15, 0.2) is 60.7 Å². The minimum Gasteiger partial charge on any atom is -0.466 e. The van der Waals surface area contributed by atoms with Crippen molar-refractivity contribution in [2.24, 2.45) is 0 Å². The van der Waals surface area contributed by atoms with Gasteiger partial charge in [-0.3, -0.25) is 14.5 Å². The first-order chi connectivity index (χ1) is 16.0. The van der Waals surface area contributed by atoms with E-state index in [1.54, 1.807) is 6.92 Å². The van der Waals surface area contributed by atoms with Gasteiger partial charge in [0.15, 0.2) is 5.78 Å². The fourth-order valence-electron chi connectivity index (χ4n) is 3.64. The number of esters is 1. The zero-order valence-electron chi connectivity index (χ0n) is 19.0. The number of benzene rings is 2. The van der Waals surface area contributed by atoms with E-state index in [4.69, 9.17) is 9.47 Å². The van der Waals surface area contributed by atoms with Crippen molar-refractivity contribution in [1.82, 2.24) is 14.7 Å². The molecule has 0 bridgehead atoms. The predicted molar refractivity (Wildman–Crippen MR) is 123 cm³/mol. The van der Waals surface area contributed by atoms with E-state index < -0.39 is 5.97 Å². The molecule has 1 fully saturated rings. The minimum absolute atomic E-state index is 0.00973. The third kappa shape index (κ3) is 8.00. The van der Waals surface area contributed by atoms with E-state index in [9.17, 15) is 14.4 Å². The van der Waals surface area contributed by atoms with Crippen LogP contribution in [-0.2, 0) is 32.2 Å². The molecule has 0 spiro atoms. The molecule has 1 saturated heterocycles. The van der Waals surface area contributed by atoms with Crippen LogP contribution in [0.5, 0.6) is 0 Å². The number of ether oxygens (including phenoxy) is 2. The van der Waals surface area contributed by atoms with Gasteiger partial charge in [0, 0.05) is 19.6 Å². The van der Waals surface area contributed by atoms with Gasteiger partial charge in [-0.1, -0.05) is 60.7 Å². The average Bonchev–Trinajstić information content (AvgIpc) is 2.81. The van der Waals surface area contributed by atoms with Gasteiger partial charge in [0.1, 0.15) is 13.0 Å². The van der Waals surface area contributed by atoms with Gasteiger partial charge in [-0.05, 0) is 18.1 Å². The number of carbonyl (C=O) groups excluding carboxylic acids is 3. The summed E-state index contributed by atoms with van der Waals surface area (Å²) in [5.74, 6) is -0.840. The highest BCUT2D eigenvalue weighted by molar-refractivity contribution is 5.96. The normalized spacial score (nSPS) is 14.4. The molecule has 0 unspecified atom stereocenters. The highest BCUT2D eigenvalue weighted by Gasteiger charge is 2.30. The molecule has 33 heavy (non-hydrogen) atoms. The summed E-state index contributed by atoms with van der Waals surface area (Å²) in [6, 6.07) is 19.8. The Balaban J connectivity index is 1.56. The Kier molecular flexibility index (Phi) is 9.41. The van der Waals surface area contributed by atoms with Crippen molar-refractivity contribution in [1.29, 1.82) is 0 Å². The lowest BCUT2D eigenvalue weighted by atomic mass is 10.2. The van der Waals surface area contributed by atoms with Crippen molar-refractivity contribution in [2.75, 3.05) is 39.7 Å². The van der Waals surface area contributed by atoms with Gasteiger partial charge >= 0.3 is 12.0 Å². The molecule has 3 rings (SSSR count). The van der Waals surface area contributed by atoms with Crippen molar-refractivity contribution < 1.29 is 23.9 Å². The van der Waals surface area contributed by atoms with Crippen LogP contribution in [0, 0.1) is 0 Å². The van der Waals surface area contributed by atoms with Gasteiger partial charge < -0.3 is 19.3 Å². The first-order valence-electron chi connectivity index (χ1n) is 11.1. The second kappa shape index (κ2) is 12.7. The number of hydrogen-bond donors (Lipinski definition) is 0. The molecular weight excluding hydrogens is 422 g/mol. The molecule has 0 atom stereocenters. The predicted octanol–water partition coefficient (Wildman–Crippen LogP) is 2.88. The van der Waals surface area contributed by atoms with E-state index in [1.807, 2.05) is 70.5 Å². The van der Waals surface area contributed by atoms with Crippen molar-refractivity contribution in [3.63, 3.8) is 0 Å². The first-order valence-corrected chi connectivity index (χ1v) is 11.1. The van der Waals surface area contributed by atoms with Crippen molar-refractivity contribution >= 4 is 17.8 Å². The highest BCUT2D eigenvalue weighted by atomic mass is 16.5. The number of ketones is 1. The molecule has 0 radical (unpaired) electrons. The fraction of sp³-hybridized carbons (Fsp3) is 0.400. The topological polar surface area (TPSA) is 79.4 Å². The summed E-state index contributed by atoms with van der Waals surface area (Å²) in [5, 5.41) is 0. The first kappa shape index (κ1) is 24.4. The van der Waals surface area contributed by atoms with Crippen LogP contribution in [-0.4, -0.2) is 72.2 Å². The van der Waals surface area contributed by atoms with Crippen LogP contribution in [0.1, 0.15) is 24.5 Å². The third-order valence-electron chi connectivity index (χ3n) is 5.18. The quantitative estimate of drug-likeness (QED) is 0.279. The van der Waals surface area contributed by atoms with Gasteiger partial charge in [-0.25, -0.2) is 4.79 Å².